The van der Waals surface area contributed by atoms with Crippen LogP contribution < -0.4 is 4.90 Å². The Morgan fingerprint density at radius 3 is 2.50 bits per heavy atom. The number of aliphatic hydroxyl groups is 1. The number of anilines is 1. The summed E-state index contributed by atoms with van der Waals surface area (Å²) in [6.07, 6.45) is 1.01. The van der Waals surface area contributed by atoms with Crippen molar-refractivity contribution >= 4 is 5.69 Å². The summed E-state index contributed by atoms with van der Waals surface area (Å²) in [5.41, 5.74) is 0.977. The van der Waals surface area contributed by atoms with Crippen molar-refractivity contribution in [2.24, 2.45) is 0 Å². The molecule has 1 aromatic carbocycles. The molecule has 0 fully saturated rings. The highest BCUT2D eigenvalue weighted by Crippen LogP contribution is 2.14. The molecule has 0 unspecified atom stereocenters. The lowest BCUT2D eigenvalue weighted by Gasteiger charge is -2.24. The number of hydrogen-bond acceptors (Lipinski definition) is 3. The van der Waals surface area contributed by atoms with E-state index < -0.39 is 0 Å². The summed E-state index contributed by atoms with van der Waals surface area (Å²) in [6.45, 7) is 3.88. The Hall–Kier alpha value is -1.13. The number of nitrogens with zero attached hydrogens (tertiary/aromatic N) is 1. The lowest BCUT2D eigenvalue weighted by atomic mass is 10.2. The van der Waals surface area contributed by atoms with Gasteiger partial charge in [0.25, 0.3) is 0 Å². The molecule has 0 aliphatic carbocycles. The van der Waals surface area contributed by atoms with E-state index in [1.807, 2.05) is 0 Å². The van der Waals surface area contributed by atoms with Crippen LogP contribution in [0, 0.1) is 5.82 Å². The van der Waals surface area contributed by atoms with Crippen molar-refractivity contribution in [2.75, 3.05) is 31.4 Å². The number of aliphatic hydroxyl groups excluding tert-OH is 1. The standard InChI is InChI=1S/C12H18FNO2/c1-2-7-14(8-9-16-10-15)12-5-3-11(13)4-6-12/h3-6,15H,2,7-10H2,1H3. The summed E-state index contributed by atoms with van der Waals surface area (Å²) in [5, 5.41) is 8.53. The van der Waals surface area contributed by atoms with Gasteiger partial charge in [0.1, 0.15) is 12.6 Å². The van der Waals surface area contributed by atoms with Gasteiger partial charge in [0.15, 0.2) is 0 Å². The Morgan fingerprint density at radius 1 is 1.25 bits per heavy atom. The second-order valence-electron chi connectivity index (χ2n) is 3.50. The molecule has 0 aliphatic heterocycles. The number of rotatable bonds is 7. The van der Waals surface area contributed by atoms with E-state index in [1.54, 1.807) is 12.1 Å². The normalized spacial score (nSPS) is 10.4. The van der Waals surface area contributed by atoms with Crippen molar-refractivity contribution < 1.29 is 14.2 Å². The second kappa shape index (κ2) is 7.19. The molecular weight excluding hydrogens is 209 g/mol. The van der Waals surface area contributed by atoms with Crippen molar-refractivity contribution in [1.29, 1.82) is 0 Å². The van der Waals surface area contributed by atoms with Crippen LogP contribution in [-0.4, -0.2) is 31.6 Å². The molecular formula is C12H18FNO2. The first-order valence-electron chi connectivity index (χ1n) is 5.47. The maximum atomic E-state index is 12.8. The molecule has 0 saturated carbocycles. The zero-order chi connectivity index (χ0) is 11.8. The molecule has 16 heavy (non-hydrogen) atoms. The number of halogens is 1. The SMILES string of the molecule is CCCN(CCOCO)c1ccc(F)cc1. The lowest BCUT2D eigenvalue weighted by Crippen LogP contribution is -2.28. The summed E-state index contributed by atoms with van der Waals surface area (Å²) in [7, 11) is 0. The maximum absolute atomic E-state index is 12.8. The minimum absolute atomic E-state index is 0.230. The Morgan fingerprint density at radius 2 is 1.94 bits per heavy atom. The fourth-order valence-corrected chi connectivity index (χ4v) is 1.53. The number of benzene rings is 1. The van der Waals surface area contributed by atoms with E-state index in [0.717, 1.165) is 18.7 Å². The molecule has 0 radical (unpaired) electrons. The maximum Gasteiger partial charge on any atom is 0.143 e. The molecule has 1 rings (SSSR count). The third-order valence-electron chi connectivity index (χ3n) is 2.28. The van der Waals surface area contributed by atoms with E-state index in [0.29, 0.717) is 13.2 Å². The summed E-state index contributed by atoms with van der Waals surface area (Å²) in [4.78, 5) is 2.11. The van der Waals surface area contributed by atoms with Crippen molar-refractivity contribution in [2.45, 2.75) is 13.3 Å². The highest BCUT2D eigenvalue weighted by Gasteiger charge is 2.05. The quantitative estimate of drug-likeness (QED) is 0.571. The number of hydrogen-bond donors (Lipinski definition) is 1. The van der Waals surface area contributed by atoms with Crippen molar-refractivity contribution in [3.63, 3.8) is 0 Å². The fraction of sp³-hybridized carbons (Fsp3) is 0.500. The van der Waals surface area contributed by atoms with E-state index in [2.05, 4.69) is 11.8 Å². The van der Waals surface area contributed by atoms with Gasteiger partial charge >= 0.3 is 0 Å². The molecule has 1 aromatic rings. The Balaban J connectivity index is 2.57. The summed E-state index contributed by atoms with van der Waals surface area (Å²) in [5.74, 6) is -0.230. The van der Waals surface area contributed by atoms with Gasteiger partial charge in [0.05, 0.1) is 6.61 Å². The van der Waals surface area contributed by atoms with Crippen molar-refractivity contribution in [3.05, 3.63) is 30.1 Å². The smallest absolute Gasteiger partial charge is 0.143 e. The van der Waals surface area contributed by atoms with Gasteiger partial charge in [-0.15, -0.1) is 0 Å². The zero-order valence-electron chi connectivity index (χ0n) is 9.53. The third kappa shape index (κ3) is 4.16. The van der Waals surface area contributed by atoms with Crippen LogP contribution in [0.4, 0.5) is 10.1 Å². The Bertz CT molecular complexity index is 290. The molecule has 0 saturated heterocycles. The Kier molecular flexibility index (Phi) is 5.82. The second-order valence-corrected chi connectivity index (χ2v) is 3.50. The van der Waals surface area contributed by atoms with Gasteiger partial charge in [-0.1, -0.05) is 6.92 Å². The van der Waals surface area contributed by atoms with Gasteiger partial charge in [-0.25, -0.2) is 4.39 Å². The van der Waals surface area contributed by atoms with E-state index in [4.69, 9.17) is 9.84 Å². The van der Waals surface area contributed by atoms with Gasteiger partial charge in [0.2, 0.25) is 0 Å². The van der Waals surface area contributed by atoms with Crippen LogP contribution in [0.25, 0.3) is 0 Å². The summed E-state index contributed by atoms with van der Waals surface area (Å²) >= 11 is 0. The van der Waals surface area contributed by atoms with Crippen LogP contribution in [-0.2, 0) is 4.74 Å². The topological polar surface area (TPSA) is 32.7 Å². The molecule has 0 aliphatic rings. The minimum atomic E-state index is -0.261. The highest BCUT2D eigenvalue weighted by atomic mass is 19.1. The fourth-order valence-electron chi connectivity index (χ4n) is 1.53. The van der Waals surface area contributed by atoms with Crippen LogP contribution in [0.1, 0.15) is 13.3 Å². The van der Waals surface area contributed by atoms with Gasteiger partial charge in [-0.05, 0) is 30.7 Å². The third-order valence-corrected chi connectivity index (χ3v) is 2.28. The average Bonchev–Trinajstić information content (AvgIpc) is 2.29. The van der Waals surface area contributed by atoms with Crippen LogP contribution in [0.15, 0.2) is 24.3 Å². The predicted molar refractivity (Wildman–Crippen MR) is 61.9 cm³/mol. The molecule has 0 atom stereocenters. The van der Waals surface area contributed by atoms with Gasteiger partial charge < -0.3 is 14.7 Å². The van der Waals surface area contributed by atoms with Crippen LogP contribution in [0.3, 0.4) is 0 Å². The van der Waals surface area contributed by atoms with E-state index in [-0.39, 0.29) is 12.6 Å². The molecule has 0 spiro atoms. The molecule has 0 bridgehead atoms. The van der Waals surface area contributed by atoms with Crippen LogP contribution >= 0.6 is 0 Å². The molecule has 3 nitrogen and oxygen atoms in total. The minimum Gasteiger partial charge on any atom is -0.371 e. The molecule has 0 amide bonds. The first-order chi connectivity index (χ1) is 7.77. The van der Waals surface area contributed by atoms with Crippen molar-refractivity contribution in [3.8, 4) is 0 Å². The molecule has 90 valence electrons. The van der Waals surface area contributed by atoms with E-state index in [1.165, 1.54) is 12.1 Å². The molecule has 0 heterocycles. The highest BCUT2D eigenvalue weighted by molar-refractivity contribution is 5.46. The van der Waals surface area contributed by atoms with Gasteiger partial charge in [-0.3, -0.25) is 0 Å². The lowest BCUT2D eigenvalue weighted by molar-refractivity contribution is 0.00218. The van der Waals surface area contributed by atoms with Crippen LogP contribution in [0.5, 0.6) is 0 Å². The van der Waals surface area contributed by atoms with Gasteiger partial charge in [0, 0.05) is 18.8 Å². The molecule has 0 aromatic heterocycles. The van der Waals surface area contributed by atoms with E-state index in [9.17, 15) is 4.39 Å². The summed E-state index contributed by atoms with van der Waals surface area (Å²) in [6, 6.07) is 6.41. The molecule has 4 heteroatoms. The zero-order valence-corrected chi connectivity index (χ0v) is 9.53. The first-order valence-corrected chi connectivity index (χ1v) is 5.47. The summed E-state index contributed by atoms with van der Waals surface area (Å²) < 4.78 is 17.7. The van der Waals surface area contributed by atoms with Crippen LogP contribution in [0.2, 0.25) is 0 Å². The largest absolute Gasteiger partial charge is 0.371 e. The van der Waals surface area contributed by atoms with Crippen molar-refractivity contribution in [1.82, 2.24) is 0 Å². The van der Waals surface area contributed by atoms with E-state index >= 15 is 0 Å². The first kappa shape index (κ1) is 12.9. The molecule has 1 N–H and O–H groups in total. The number of ether oxygens (including phenoxy) is 1. The average molecular weight is 227 g/mol. The van der Waals surface area contributed by atoms with Gasteiger partial charge in [-0.2, -0.15) is 0 Å². The Labute approximate surface area is 95.5 Å². The monoisotopic (exact) mass is 227 g/mol. The predicted octanol–water partition coefficient (Wildman–Crippen LogP) is 2.01.